The van der Waals surface area contributed by atoms with E-state index in [0.717, 1.165) is 61.7 Å². The Bertz CT molecular complexity index is 1060. The molecular formula is C28H40N2O6. The number of nitrogens with zero attached hydrogens (tertiary/aromatic N) is 1. The molecule has 0 bridgehead atoms. The summed E-state index contributed by atoms with van der Waals surface area (Å²) >= 11 is 0. The minimum atomic E-state index is -0.603. The number of aromatic nitrogens is 1. The molecule has 2 aromatic rings. The van der Waals surface area contributed by atoms with Gasteiger partial charge in [0.2, 0.25) is 11.5 Å². The normalized spacial score (nSPS) is 23.6. The molecule has 4 rings (SSSR count). The molecule has 1 amide bonds. The molecule has 1 aliphatic carbocycles. The van der Waals surface area contributed by atoms with Gasteiger partial charge < -0.3 is 29.2 Å². The monoisotopic (exact) mass is 500 g/mol. The molecule has 2 N–H and O–H groups in total. The van der Waals surface area contributed by atoms with E-state index < -0.39 is 5.79 Å². The Kier molecular flexibility index (Phi) is 9.04. The molecule has 2 heterocycles. The Hall–Kier alpha value is -2.42. The second-order valence-corrected chi connectivity index (χ2v) is 10.7. The molecule has 1 atom stereocenters. The van der Waals surface area contributed by atoms with Gasteiger partial charge in [0.05, 0.1) is 13.2 Å². The highest BCUT2D eigenvalue weighted by atomic mass is 16.7. The molecular weight excluding hydrogens is 460 g/mol. The van der Waals surface area contributed by atoms with Gasteiger partial charge in [0.1, 0.15) is 11.9 Å². The van der Waals surface area contributed by atoms with Gasteiger partial charge in [-0.25, -0.2) is 0 Å². The van der Waals surface area contributed by atoms with Crippen LogP contribution in [0.15, 0.2) is 35.1 Å². The highest BCUT2D eigenvalue weighted by Gasteiger charge is 2.35. The van der Waals surface area contributed by atoms with Crippen LogP contribution in [0.2, 0.25) is 0 Å². The number of unbranched alkanes of at least 4 members (excludes halogenated alkanes) is 1. The molecule has 2 aliphatic rings. The fourth-order valence-electron chi connectivity index (χ4n) is 5.23. The Balaban J connectivity index is 1.25. The van der Waals surface area contributed by atoms with Gasteiger partial charge >= 0.3 is 0 Å². The van der Waals surface area contributed by atoms with Crippen molar-refractivity contribution in [1.29, 1.82) is 0 Å². The number of nitrogens with one attached hydrogen (secondary N) is 1. The predicted octanol–water partition coefficient (Wildman–Crippen LogP) is 3.86. The zero-order valence-electron chi connectivity index (χ0n) is 21.5. The van der Waals surface area contributed by atoms with Crippen molar-refractivity contribution in [2.75, 3.05) is 32.9 Å². The third kappa shape index (κ3) is 7.54. The fraction of sp³-hybridized carbons (Fsp3) is 0.643. The summed E-state index contributed by atoms with van der Waals surface area (Å²) in [5.41, 5.74) is 0.661. The number of H-pyrrole nitrogens is 1. The van der Waals surface area contributed by atoms with Crippen molar-refractivity contribution in [1.82, 2.24) is 9.88 Å². The number of pyridine rings is 1. The van der Waals surface area contributed by atoms with Crippen molar-refractivity contribution >= 4 is 16.8 Å². The summed E-state index contributed by atoms with van der Waals surface area (Å²) in [6.07, 6.45) is 6.06. The van der Waals surface area contributed by atoms with Gasteiger partial charge in [0.15, 0.2) is 5.79 Å². The van der Waals surface area contributed by atoms with E-state index in [4.69, 9.17) is 14.2 Å². The van der Waals surface area contributed by atoms with Crippen LogP contribution in [0.3, 0.4) is 0 Å². The number of amides is 1. The van der Waals surface area contributed by atoms with Gasteiger partial charge in [-0.15, -0.1) is 0 Å². The van der Waals surface area contributed by atoms with Crippen molar-refractivity contribution < 1.29 is 24.1 Å². The maximum Gasteiger partial charge on any atom is 0.248 e. The number of aromatic amines is 1. The average Bonchev–Trinajstić information content (AvgIpc) is 3.21. The number of aliphatic hydroxyl groups excluding tert-OH is 1. The highest BCUT2D eigenvalue weighted by molar-refractivity contribution is 5.79. The van der Waals surface area contributed by atoms with Crippen LogP contribution >= 0.6 is 0 Å². The summed E-state index contributed by atoms with van der Waals surface area (Å²) in [7, 11) is 0. The number of ether oxygens (including phenoxy) is 3. The van der Waals surface area contributed by atoms with E-state index in [1.165, 1.54) is 6.07 Å². The number of fused-ring (bicyclic) bond motifs is 1. The minimum Gasteiger partial charge on any atom is -0.494 e. The molecule has 8 nitrogen and oxygen atoms in total. The summed E-state index contributed by atoms with van der Waals surface area (Å²) in [6, 6.07) is 8.89. The lowest BCUT2D eigenvalue weighted by atomic mass is 9.82. The van der Waals surface area contributed by atoms with Crippen LogP contribution < -0.4 is 10.3 Å². The molecule has 8 heteroatoms. The first-order valence-corrected chi connectivity index (χ1v) is 13.3. The summed E-state index contributed by atoms with van der Waals surface area (Å²) in [6.45, 7) is 6.40. The van der Waals surface area contributed by atoms with Crippen LogP contribution in [0, 0.1) is 11.8 Å². The van der Waals surface area contributed by atoms with E-state index in [9.17, 15) is 14.7 Å². The first kappa shape index (κ1) is 26.6. The molecule has 36 heavy (non-hydrogen) atoms. The van der Waals surface area contributed by atoms with Gasteiger partial charge in [-0.2, -0.15) is 0 Å². The highest BCUT2D eigenvalue weighted by Crippen LogP contribution is 2.30. The summed E-state index contributed by atoms with van der Waals surface area (Å²) in [5.74, 6) is 1.18. The second-order valence-electron chi connectivity index (χ2n) is 10.7. The molecule has 1 aliphatic heterocycles. The fourth-order valence-corrected chi connectivity index (χ4v) is 5.23. The zero-order chi connectivity index (χ0) is 25.5. The van der Waals surface area contributed by atoms with Gasteiger partial charge in [-0.1, -0.05) is 0 Å². The van der Waals surface area contributed by atoms with E-state index in [2.05, 4.69) is 4.98 Å². The smallest absolute Gasteiger partial charge is 0.248 e. The first-order valence-electron chi connectivity index (χ1n) is 13.3. The van der Waals surface area contributed by atoms with Crippen LogP contribution in [-0.4, -0.2) is 65.7 Å². The number of benzene rings is 1. The minimum absolute atomic E-state index is 0.107. The van der Waals surface area contributed by atoms with E-state index in [1.807, 2.05) is 36.9 Å². The Morgan fingerprint density at radius 1 is 1.11 bits per heavy atom. The van der Waals surface area contributed by atoms with E-state index in [1.54, 1.807) is 6.07 Å². The van der Waals surface area contributed by atoms with E-state index >= 15 is 0 Å². The summed E-state index contributed by atoms with van der Waals surface area (Å²) < 4.78 is 17.6. The average molecular weight is 501 g/mol. The summed E-state index contributed by atoms with van der Waals surface area (Å²) in [5, 5.41) is 10.4. The Morgan fingerprint density at radius 3 is 2.61 bits per heavy atom. The van der Waals surface area contributed by atoms with Crippen molar-refractivity contribution in [3.8, 4) is 5.75 Å². The molecule has 1 saturated carbocycles. The SMILES string of the molecule is CC1(C)OCC(CN(C[C@H]2CC[C@H](CO)CC2)C(=O)CCCCOc2ccc3[nH]c(=O)ccc3c2)O1. The van der Waals surface area contributed by atoms with Crippen molar-refractivity contribution in [3.05, 3.63) is 40.7 Å². The number of aliphatic hydroxyl groups is 1. The van der Waals surface area contributed by atoms with E-state index in [0.29, 0.717) is 38.0 Å². The van der Waals surface area contributed by atoms with Crippen LogP contribution in [0.25, 0.3) is 10.9 Å². The maximum atomic E-state index is 13.2. The van der Waals surface area contributed by atoms with Crippen LogP contribution in [0.4, 0.5) is 0 Å². The molecule has 1 aromatic heterocycles. The number of rotatable bonds is 11. The Labute approximate surface area is 212 Å². The van der Waals surface area contributed by atoms with Gasteiger partial charge in [-0.05, 0) is 88.5 Å². The third-order valence-corrected chi connectivity index (χ3v) is 7.30. The van der Waals surface area contributed by atoms with Crippen LogP contribution in [0.5, 0.6) is 5.75 Å². The van der Waals surface area contributed by atoms with E-state index in [-0.39, 0.29) is 24.2 Å². The van der Waals surface area contributed by atoms with Crippen molar-refractivity contribution in [2.45, 2.75) is 70.7 Å². The molecule has 1 unspecified atom stereocenters. The standard InChI is InChI=1S/C28H40N2O6/c1-28(2)35-19-24(36-28)17-30(16-20-6-8-21(18-31)9-7-20)27(33)5-3-4-14-34-23-11-12-25-22(15-23)10-13-26(32)29-25/h10-13,15,20-21,24,31H,3-9,14,16-19H2,1-2H3,(H,29,32)/t20-,21-,24?. The van der Waals surface area contributed by atoms with Gasteiger partial charge in [-0.3, -0.25) is 9.59 Å². The van der Waals surface area contributed by atoms with Crippen molar-refractivity contribution in [2.24, 2.45) is 11.8 Å². The largest absolute Gasteiger partial charge is 0.494 e. The third-order valence-electron chi connectivity index (χ3n) is 7.30. The lowest BCUT2D eigenvalue weighted by molar-refractivity contribution is -0.147. The number of hydrogen-bond acceptors (Lipinski definition) is 6. The predicted molar refractivity (Wildman–Crippen MR) is 138 cm³/mol. The van der Waals surface area contributed by atoms with Crippen LogP contribution in [0.1, 0.15) is 58.8 Å². The molecule has 1 saturated heterocycles. The molecule has 1 aromatic carbocycles. The quantitative estimate of drug-likeness (QED) is 0.455. The number of carbonyl (C=O) groups excluding carboxylic acids is 1. The lowest BCUT2D eigenvalue weighted by Crippen LogP contribution is -2.42. The Morgan fingerprint density at radius 2 is 1.89 bits per heavy atom. The zero-order valence-corrected chi connectivity index (χ0v) is 21.5. The lowest BCUT2D eigenvalue weighted by Gasteiger charge is -2.33. The van der Waals surface area contributed by atoms with Crippen LogP contribution in [-0.2, 0) is 14.3 Å². The second kappa shape index (κ2) is 12.2. The number of hydrogen-bond donors (Lipinski definition) is 2. The topological polar surface area (TPSA) is 101 Å². The van der Waals surface area contributed by atoms with Gasteiger partial charge in [0.25, 0.3) is 0 Å². The van der Waals surface area contributed by atoms with Gasteiger partial charge in [0, 0.05) is 43.1 Å². The van der Waals surface area contributed by atoms with Crippen molar-refractivity contribution in [3.63, 3.8) is 0 Å². The molecule has 198 valence electrons. The molecule has 0 radical (unpaired) electrons. The maximum absolute atomic E-state index is 13.2. The molecule has 2 fully saturated rings. The summed E-state index contributed by atoms with van der Waals surface area (Å²) in [4.78, 5) is 29.4. The molecule has 0 spiro atoms. The number of carbonyl (C=O) groups is 1. The first-order chi connectivity index (χ1) is 17.3.